The van der Waals surface area contributed by atoms with Gasteiger partial charge < -0.3 is 9.83 Å². The van der Waals surface area contributed by atoms with E-state index < -0.39 is 25.5 Å². The molecule has 168 valence electrons. The summed E-state index contributed by atoms with van der Waals surface area (Å²) in [7, 11) is 0. The van der Waals surface area contributed by atoms with E-state index in [1.54, 1.807) is 52.0 Å². The lowest BCUT2D eigenvalue weighted by Gasteiger charge is -2.18. The second-order valence-corrected chi connectivity index (χ2v) is 8.92. The van der Waals surface area contributed by atoms with E-state index in [1.807, 2.05) is 0 Å². The molecule has 0 spiro atoms. The number of fused-ring (bicyclic) bond motifs is 3. The van der Waals surface area contributed by atoms with Crippen LogP contribution < -0.4 is 0 Å². The molecule has 0 amide bonds. The second kappa shape index (κ2) is 8.82. The van der Waals surface area contributed by atoms with Crippen molar-refractivity contribution in [1.29, 1.82) is 5.41 Å². The number of hydrogen-bond acceptors (Lipinski definition) is 3. The van der Waals surface area contributed by atoms with Crippen molar-refractivity contribution in [3.63, 3.8) is 0 Å². The Morgan fingerprint density at radius 2 is 1.94 bits per heavy atom. The topological polar surface area (TPSA) is 49.9 Å². The summed E-state index contributed by atoms with van der Waals surface area (Å²) in [6.07, 6.45) is 0.292. The maximum Gasteiger partial charge on any atom is 0.227 e. The molecule has 2 aromatic carbocycles. The van der Waals surface area contributed by atoms with Crippen molar-refractivity contribution < 1.29 is 18.1 Å². The highest BCUT2D eigenvalue weighted by Crippen LogP contribution is 2.34. The average Bonchev–Trinajstić information content (AvgIpc) is 3.24. The summed E-state index contributed by atoms with van der Waals surface area (Å²) in [6.45, 7) is 1.66. The van der Waals surface area contributed by atoms with E-state index in [-0.39, 0.29) is 45.8 Å². The fourth-order valence-electron chi connectivity index (χ4n) is 3.69. The van der Waals surface area contributed by atoms with Gasteiger partial charge in [-0.05, 0) is 72.4 Å². The summed E-state index contributed by atoms with van der Waals surface area (Å²) >= 11 is 0. The summed E-state index contributed by atoms with van der Waals surface area (Å²) in [5.74, 6) is 0. The van der Waals surface area contributed by atoms with Crippen LogP contribution in [0, 0.1) is 17.7 Å². The summed E-state index contributed by atoms with van der Waals surface area (Å²) < 4.78 is 88.1. The molecule has 3 nitrogen and oxygen atoms in total. The van der Waals surface area contributed by atoms with Crippen LogP contribution >= 0.6 is 0 Å². The van der Waals surface area contributed by atoms with Crippen molar-refractivity contribution in [2.24, 2.45) is 5.41 Å². The molecular formula is C30H32N2O. The normalized spacial score (nSPS) is 19.1. The molecule has 0 saturated heterocycles. The first kappa shape index (κ1) is 13.3. The van der Waals surface area contributed by atoms with Crippen molar-refractivity contribution in [3.05, 3.63) is 88.6 Å². The van der Waals surface area contributed by atoms with Gasteiger partial charge in [0.15, 0.2) is 0 Å². The Kier molecular flexibility index (Phi) is 3.55. The second-order valence-electron chi connectivity index (χ2n) is 8.92. The summed E-state index contributed by atoms with van der Waals surface area (Å²) in [4.78, 5) is 4.19. The minimum Gasteiger partial charge on any atom is -0.437 e. The Balaban J connectivity index is 1.98. The highest BCUT2D eigenvalue weighted by Gasteiger charge is 2.14. The predicted octanol–water partition coefficient (Wildman–Crippen LogP) is 8.40. The number of hydrogen-bond donors (Lipinski definition) is 1. The Morgan fingerprint density at radius 3 is 2.61 bits per heavy atom. The molecule has 0 aliphatic heterocycles. The van der Waals surface area contributed by atoms with E-state index in [2.05, 4.69) is 4.98 Å². The molecule has 0 unspecified atom stereocenters. The largest absolute Gasteiger partial charge is 0.437 e. The summed E-state index contributed by atoms with van der Waals surface area (Å²) in [5.41, 5.74) is 0.239. The molecule has 2 heterocycles. The first-order valence-corrected chi connectivity index (χ1v) is 10.6. The molecule has 1 N–H and O–H groups in total. The van der Waals surface area contributed by atoms with Gasteiger partial charge in [-0.15, -0.1) is 0 Å². The van der Waals surface area contributed by atoms with Gasteiger partial charge in [0.25, 0.3) is 0 Å². The number of furan rings is 1. The summed E-state index contributed by atoms with van der Waals surface area (Å²) in [6, 6.07) is 10.5. The first-order chi connectivity index (χ1) is 19.7. The highest BCUT2D eigenvalue weighted by atomic mass is 16.3. The molecule has 33 heavy (non-hydrogen) atoms. The molecule has 4 rings (SSSR count). The number of allylic oxidation sites excluding steroid dienone is 4. The number of nitrogens with one attached hydrogen (secondary N) is 1. The number of rotatable bonds is 5. The Hall–Kier alpha value is -3.46. The van der Waals surface area contributed by atoms with Crippen LogP contribution in [0.5, 0.6) is 0 Å². The average molecular weight is 447 g/mol. The lowest BCUT2D eigenvalue weighted by Crippen LogP contribution is -2.08. The van der Waals surface area contributed by atoms with Crippen LogP contribution in [0.4, 0.5) is 0 Å². The summed E-state index contributed by atoms with van der Waals surface area (Å²) in [5, 5.41) is 9.22. The van der Waals surface area contributed by atoms with Gasteiger partial charge in [0.1, 0.15) is 5.58 Å². The van der Waals surface area contributed by atoms with E-state index in [9.17, 15) is 0 Å². The van der Waals surface area contributed by atoms with Crippen LogP contribution in [0.2, 0.25) is 0 Å². The quantitative estimate of drug-likeness (QED) is 0.247. The Morgan fingerprint density at radius 1 is 1.15 bits per heavy atom. The minimum absolute atomic E-state index is 0.0405. The van der Waals surface area contributed by atoms with Crippen LogP contribution in [0.25, 0.3) is 33.2 Å². The lowest BCUT2D eigenvalue weighted by atomic mass is 9.87. The van der Waals surface area contributed by atoms with Crippen molar-refractivity contribution in [3.8, 4) is 0 Å². The standard InChI is InChI=1S/C30H32N2O/c1-19(24-8-7-9-25-26-15-10-21(3)32-29(26)33-28(24)25)16-27(20(2)18-31)23-13-11-22(12-14-23)17-30(4,5)6/h7-16,18,31H,17H2,1-6H3/b19-16+,27-20+,31-18?/i2D3,3D3,13D,14D,17D2. The van der Waals surface area contributed by atoms with Crippen molar-refractivity contribution in [2.75, 3.05) is 0 Å². The predicted molar refractivity (Wildman–Crippen MR) is 141 cm³/mol. The van der Waals surface area contributed by atoms with Crippen LogP contribution in [-0.4, -0.2) is 11.2 Å². The SMILES string of the molecule is [2H]c1cc(C([2H])([2H])C(C)(C)C)cc([2H])c1C(/C=C(\C)c1cccc2c1oc1nc(C([2H])([2H])[2H])ccc12)=C(/C=N)C([2H])([2H])[2H]. The van der Waals surface area contributed by atoms with Crippen LogP contribution in [-0.2, 0) is 6.37 Å². The third-order valence-corrected chi connectivity index (χ3v) is 5.12. The van der Waals surface area contributed by atoms with Crippen LogP contribution in [0.15, 0.2) is 70.6 Å². The molecule has 3 heteroatoms. The number of aromatic nitrogens is 1. The van der Waals surface area contributed by atoms with Gasteiger partial charge in [0.05, 0.1) is 2.74 Å². The van der Waals surface area contributed by atoms with Gasteiger partial charge in [0, 0.05) is 39.2 Å². The van der Waals surface area contributed by atoms with Crippen molar-refractivity contribution in [1.82, 2.24) is 4.98 Å². The molecule has 0 bridgehead atoms. The number of para-hydroxylation sites is 1. The van der Waals surface area contributed by atoms with Gasteiger partial charge in [-0.3, -0.25) is 0 Å². The van der Waals surface area contributed by atoms with Crippen LogP contribution in [0.1, 0.15) is 70.6 Å². The van der Waals surface area contributed by atoms with E-state index in [1.165, 1.54) is 24.3 Å². The molecule has 0 atom stereocenters. The maximum absolute atomic E-state index is 8.78. The van der Waals surface area contributed by atoms with Crippen molar-refractivity contribution in [2.45, 2.75) is 47.8 Å². The van der Waals surface area contributed by atoms with Crippen LogP contribution in [0.3, 0.4) is 0 Å². The molecule has 0 radical (unpaired) electrons. The molecule has 2 aromatic heterocycles. The lowest BCUT2D eigenvalue weighted by molar-refractivity contribution is 0.411. The molecule has 0 fully saturated rings. The van der Waals surface area contributed by atoms with Gasteiger partial charge >= 0.3 is 0 Å². The monoisotopic (exact) mass is 446 g/mol. The molecule has 0 saturated carbocycles. The zero-order chi connectivity index (χ0) is 32.3. The van der Waals surface area contributed by atoms with E-state index >= 15 is 0 Å². The smallest absolute Gasteiger partial charge is 0.227 e. The van der Waals surface area contributed by atoms with E-state index in [0.29, 0.717) is 33.7 Å². The third kappa shape index (κ3) is 4.83. The zero-order valence-corrected chi connectivity index (χ0v) is 19.1. The Labute approximate surface area is 210 Å². The maximum atomic E-state index is 8.78. The van der Waals surface area contributed by atoms with E-state index in [4.69, 9.17) is 23.5 Å². The highest BCUT2D eigenvalue weighted by molar-refractivity contribution is 6.07. The number of benzene rings is 2. The molecule has 4 aromatic rings. The molecular weight excluding hydrogens is 404 g/mol. The number of nitrogens with zero attached hydrogens (tertiary/aromatic N) is 1. The number of aryl methyl sites for hydroxylation is 1. The van der Waals surface area contributed by atoms with Gasteiger partial charge in [0.2, 0.25) is 5.71 Å². The fourth-order valence-corrected chi connectivity index (χ4v) is 3.69. The van der Waals surface area contributed by atoms with E-state index in [0.717, 1.165) is 0 Å². The zero-order valence-electron chi connectivity index (χ0n) is 29.1. The minimum atomic E-state index is -2.76. The third-order valence-electron chi connectivity index (χ3n) is 5.12. The molecule has 0 aliphatic rings. The van der Waals surface area contributed by atoms with Gasteiger partial charge in [-0.25, -0.2) is 4.98 Å². The first-order valence-electron chi connectivity index (χ1n) is 15.6. The number of pyridine rings is 1. The van der Waals surface area contributed by atoms with Crippen molar-refractivity contribution >= 4 is 39.4 Å². The molecule has 0 aliphatic carbocycles. The van der Waals surface area contributed by atoms with Gasteiger partial charge in [-0.2, -0.15) is 0 Å². The Bertz CT molecular complexity index is 1780. The van der Waals surface area contributed by atoms with Gasteiger partial charge in [-0.1, -0.05) is 69.3 Å². The fraction of sp³-hybridized carbons (Fsp3) is 0.267.